The average Bonchev–Trinajstić information content (AvgIpc) is 2.97. The quantitative estimate of drug-likeness (QED) is 0.517. The molecule has 4 nitrogen and oxygen atoms in total. The highest BCUT2D eigenvalue weighted by molar-refractivity contribution is 8.00. The molecule has 0 saturated heterocycles. The molecule has 3 rings (SSSR count). The first kappa shape index (κ1) is 15.9. The second-order valence-corrected chi connectivity index (χ2v) is 6.65. The Hall–Kier alpha value is -1.99. The van der Waals surface area contributed by atoms with Crippen molar-refractivity contribution in [3.63, 3.8) is 0 Å². The summed E-state index contributed by atoms with van der Waals surface area (Å²) >= 11 is 3.00. The summed E-state index contributed by atoms with van der Waals surface area (Å²) in [7, 11) is 0. The Bertz CT molecular complexity index is 880. The third kappa shape index (κ3) is 3.20. The van der Waals surface area contributed by atoms with Gasteiger partial charge in [0.05, 0.1) is 17.9 Å². The number of nitrogens with zero attached hydrogens (tertiary/aromatic N) is 2. The normalized spacial score (nSPS) is 10.9. The maximum atomic E-state index is 14.2. The number of carbonyl (C=O) groups is 1. The fourth-order valence-corrected chi connectivity index (χ4v) is 3.53. The number of esters is 1. The number of halogens is 1. The van der Waals surface area contributed by atoms with E-state index in [0.717, 1.165) is 14.7 Å². The van der Waals surface area contributed by atoms with E-state index >= 15 is 0 Å². The van der Waals surface area contributed by atoms with Gasteiger partial charge in [-0.15, -0.1) is 0 Å². The molecule has 1 aromatic carbocycles. The van der Waals surface area contributed by atoms with Crippen LogP contribution in [0.4, 0.5) is 4.39 Å². The third-order valence-corrected chi connectivity index (χ3v) is 5.11. The number of rotatable bonds is 4. The molecule has 23 heavy (non-hydrogen) atoms. The fourth-order valence-electron chi connectivity index (χ4n) is 2.10. The maximum absolute atomic E-state index is 14.2. The van der Waals surface area contributed by atoms with Crippen LogP contribution in [0.15, 0.2) is 34.7 Å². The molecule has 0 radical (unpaired) electrons. The Balaban J connectivity index is 2.06. The van der Waals surface area contributed by atoms with E-state index < -0.39 is 11.8 Å². The first-order valence-electron chi connectivity index (χ1n) is 6.91. The highest BCUT2D eigenvalue weighted by Crippen LogP contribution is 2.30. The fraction of sp³-hybridized carbons (Fsp3) is 0.188. The van der Waals surface area contributed by atoms with Crippen molar-refractivity contribution in [3.8, 4) is 11.3 Å². The van der Waals surface area contributed by atoms with Gasteiger partial charge in [0.1, 0.15) is 16.2 Å². The molecule has 0 fully saturated rings. The van der Waals surface area contributed by atoms with Crippen molar-refractivity contribution >= 4 is 39.4 Å². The zero-order valence-electron chi connectivity index (χ0n) is 12.5. The van der Waals surface area contributed by atoms with Crippen molar-refractivity contribution in [2.45, 2.75) is 11.3 Å². The van der Waals surface area contributed by atoms with Crippen LogP contribution in [0, 0.1) is 5.82 Å². The lowest BCUT2D eigenvalue weighted by molar-refractivity contribution is 0.0526. The largest absolute Gasteiger partial charge is 0.462 e. The molecular weight excluding hydrogens is 335 g/mol. The lowest BCUT2D eigenvalue weighted by atomic mass is 10.1. The Morgan fingerprint density at radius 3 is 2.87 bits per heavy atom. The third-order valence-electron chi connectivity index (χ3n) is 3.16. The van der Waals surface area contributed by atoms with E-state index in [-0.39, 0.29) is 12.2 Å². The van der Waals surface area contributed by atoms with Crippen molar-refractivity contribution < 1.29 is 13.9 Å². The Morgan fingerprint density at radius 2 is 2.13 bits per heavy atom. The van der Waals surface area contributed by atoms with Crippen LogP contribution in [0.1, 0.15) is 17.3 Å². The second-order valence-electron chi connectivity index (χ2n) is 4.62. The smallest absolute Gasteiger partial charge is 0.338 e. The monoisotopic (exact) mass is 348 g/mol. The van der Waals surface area contributed by atoms with E-state index in [9.17, 15) is 9.18 Å². The molecule has 0 aliphatic heterocycles. The van der Waals surface area contributed by atoms with Gasteiger partial charge in [-0.25, -0.2) is 19.2 Å². The molecule has 2 aromatic heterocycles. The zero-order chi connectivity index (χ0) is 16.4. The molecule has 0 saturated carbocycles. The molecule has 7 heteroatoms. The predicted molar refractivity (Wildman–Crippen MR) is 90.5 cm³/mol. The van der Waals surface area contributed by atoms with Crippen molar-refractivity contribution in [1.82, 2.24) is 9.97 Å². The molecule has 0 bridgehead atoms. The van der Waals surface area contributed by atoms with E-state index in [2.05, 4.69) is 9.97 Å². The SMILES string of the molecule is CCOC(=O)c1ccc(F)c(-c2ccc3nc(SC)sc3n2)c1. The number of thioether (sulfide) groups is 1. The molecule has 0 N–H and O–H groups in total. The summed E-state index contributed by atoms with van der Waals surface area (Å²) in [6.45, 7) is 2.00. The van der Waals surface area contributed by atoms with Gasteiger partial charge in [-0.05, 0) is 43.5 Å². The second kappa shape index (κ2) is 6.64. The van der Waals surface area contributed by atoms with Crippen molar-refractivity contribution in [1.29, 1.82) is 0 Å². The first-order chi connectivity index (χ1) is 11.1. The van der Waals surface area contributed by atoms with Crippen LogP contribution in [-0.4, -0.2) is 28.8 Å². The van der Waals surface area contributed by atoms with Crippen LogP contribution >= 0.6 is 23.1 Å². The van der Waals surface area contributed by atoms with Crippen molar-refractivity contribution in [3.05, 3.63) is 41.7 Å². The van der Waals surface area contributed by atoms with Gasteiger partial charge in [-0.2, -0.15) is 0 Å². The first-order valence-corrected chi connectivity index (χ1v) is 8.95. The number of benzene rings is 1. The van der Waals surface area contributed by atoms with Gasteiger partial charge >= 0.3 is 5.97 Å². The van der Waals surface area contributed by atoms with Crippen LogP contribution in [-0.2, 0) is 4.74 Å². The van der Waals surface area contributed by atoms with E-state index in [4.69, 9.17) is 4.74 Å². The number of carbonyl (C=O) groups excluding carboxylic acids is 1. The number of ether oxygens (including phenoxy) is 1. The van der Waals surface area contributed by atoms with Gasteiger partial charge in [0.15, 0.2) is 4.34 Å². The molecule has 2 heterocycles. The lowest BCUT2D eigenvalue weighted by Crippen LogP contribution is -2.05. The molecule has 0 atom stereocenters. The van der Waals surface area contributed by atoms with Crippen molar-refractivity contribution in [2.75, 3.05) is 12.9 Å². The number of pyridine rings is 1. The average molecular weight is 348 g/mol. The van der Waals surface area contributed by atoms with Gasteiger partial charge < -0.3 is 4.74 Å². The molecular formula is C16H13FN2O2S2. The maximum Gasteiger partial charge on any atom is 0.338 e. The summed E-state index contributed by atoms with van der Waals surface area (Å²) in [6, 6.07) is 7.66. The summed E-state index contributed by atoms with van der Waals surface area (Å²) in [5.74, 6) is -0.906. The highest BCUT2D eigenvalue weighted by Gasteiger charge is 2.14. The van der Waals surface area contributed by atoms with E-state index in [1.165, 1.54) is 29.5 Å². The molecule has 3 aromatic rings. The summed E-state index contributed by atoms with van der Waals surface area (Å²) in [5.41, 5.74) is 1.83. The van der Waals surface area contributed by atoms with Gasteiger partial charge in [0.2, 0.25) is 0 Å². The summed E-state index contributed by atoms with van der Waals surface area (Å²) in [6.07, 6.45) is 1.95. The number of hydrogen-bond acceptors (Lipinski definition) is 6. The Morgan fingerprint density at radius 1 is 1.30 bits per heavy atom. The van der Waals surface area contributed by atoms with E-state index in [0.29, 0.717) is 11.3 Å². The summed E-state index contributed by atoms with van der Waals surface area (Å²) < 4.78 is 20.0. The Labute approximate surface area is 140 Å². The molecule has 0 spiro atoms. The number of aromatic nitrogens is 2. The van der Waals surface area contributed by atoms with Gasteiger partial charge in [-0.1, -0.05) is 23.1 Å². The molecule has 118 valence electrons. The van der Waals surface area contributed by atoms with Gasteiger partial charge in [-0.3, -0.25) is 0 Å². The molecule has 0 amide bonds. The predicted octanol–water partition coefficient (Wildman–Crippen LogP) is 4.40. The standard InChI is InChI=1S/C16H13FN2O2S2/c1-3-21-15(20)9-4-5-11(17)10(8-9)12-6-7-13-14(18-12)23-16(19-13)22-2/h4-8H,3H2,1-2H3. The molecule has 0 aliphatic carbocycles. The van der Waals surface area contributed by atoms with E-state index in [1.54, 1.807) is 24.8 Å². The van der Waals surface area contributed by atoms with Crippen LogP contribution in [0.5, 0.6) is 0 Å². The Kier molecular flexibility index (Phi) is 4.58. The van der Waals surface area contributed by atoms with Gasteiger partial charge in [0, 0.05) is 5.56 Å². The van der Waals surface area contributed by atoms with Crippen LogP contribution in [0.2, 0.25) is 0 Å². The molecule has 0 unspecified atom stereocenters. The minimum Gasteiger partial charge on any atom is -0.462 e. The lowest BCUT2D eigenvalue weighted by Gasteiger charge is -2.06. The summed E-state index contributed by atoms with van der Waals surface area (Å²) in [5, 5.41) is 0. The molecule has 0 aliphatic rings. The van der Waals surface area contributed by atoms with Crippen LogP contribution in [0.25, 0.3) is 21.6 Å². The minimum atomic E-state index is -0.475. The van der Waals surface area contributed by atoms with E-state index in [1.807, 2.05) is 12.3 Å². The minimum absolute atomic E-state index is 0.272. The van der Waals surface area contributed by atoms with Crippen LogP contribution < -0.4 is 0 Å². The number of fused-ring (bicyclic) bond motifs is 1. The number of hydrogen-bond donors (Lipinski definition) is 0. The van der Waals surface area contributed by atoms with Crippen LogP contribution in [0.3, 0.4) is 0 Å². The summed E-state index contributed by atoms with van der Waals surface area (Å²) in [4.78, 5) is 21.4. The van der Waals surface area contributed by atoms with Crippen molar-refractivity contribution in [2.24, 2.45) is 0 Å². The topological polar surface area (TPSA) is 52.1 Å². The zero-order valence-corrected chi connectivity index (χ0v) is 14.1. The highest BCUT2D eigenvalue weighted by atomic mass is 32.2. The number of thiazole rings is 1. The van der Waals surface area contributed by atoms with Gasteiger partial charge in [0.25, 0.3) is 0 Å².